The van der Waals surface area contributed by atoms with Gasteiger partial charge in [0.05, 0.1) is 6.17 Å². The molecule has 1 amide bonds. The maximum absolute atomic E-state index is 12.4. The van der Waals surface area contributed by atoms with Crippen molar-refractivity contribution in [3.05, 3.63) is 71.3 Å². The van der Waals surface area contributed by atoms with Gasteiger partial charge in [-0.15, -0.1) is 0 Å². The molecule has 0 saturated carbocycles. The number of carbonyl (C=O) groups excluding carboxylic acids is 3. The van der Waals surface area contributed by atoms with Crippen LogP contribution in [0.25, 0.3) is 0 Å². The number of hydrogen-bond donors (Lipinski definition) is 3. The van der Waals surface area contributed by atoms with Crippen molar-refractivity contribution < 1.29 is 24.0 Å². The number of nitrogens with one attached hydrogen (secondary N) is 1. The third kappa shape index (κ3) is 6.72. The summed E-state index contributed by atoms with van der Waals surface area (Å²) in [4.78, 5) is 57.0. The van der Waals surface area contributed by atoms with Gasteiger partial charge in [-0.05, 0) is 30.4 Å². The van der Waals surface area contributed by atoms with Gasteiger partial charge < -0.3 is 14.9 Å². The average molecular weight is 427 g/mol. The molecule has 2 aromatic carbocycles. The Balaban J connectivity index is 2.15. The maximum Gasteiger partial charge on any atom is 0.353 e. The molecule has 0 saturated heterocycles. The molecule has 0 aliphatic heterocycles. The molecule has 0 spiro atoms. The van der Waals surface area contributed by atoms with E-state index in [1.54, 1.807) is 12.1 Å². The second-order valence-electron chi connectivity index (χ2n) is 8.19. The predicted octanol–water partition coefficient (Wildman–Crippen LogP) is 2.58. The first-order valence-electron chi connectivity index (χ1n) is 9.91. The van der Waals surface area contributed by atoms with Crippen LogP contribution in [0.5, 0.6) is 0 Å². The van der Waals surface area contributed by atoms with E-state index in [9.17, 15) is 24.0 Å². The second-order valence-corrected chi connectivity index (χ2v) is 10.9. The molecule has 1 radical (unpaired) electrons. The largest absolute Gasteiger partial charge is 0.410 e. The molecule has 6 nitrogen and oxygen atoms in total. The molecule has 30 heavy (non-hydrogen) atoms. The monoisotopic (exact) mass is 426 g/mol. The summed E-state index contributed by atoms with van der Waals surface area (Å²) in [6.45, 7) is 3.93. The second kappa shape index (κ2) is 10.4. The molecule has 2 aromatic rings. The van der Waals surface area contributed by atoms with Crippen LogP contribution in [0.1, 0.15) is 46.5 Å². The van der Waals surface area contributed by atoms with Gasteiger partial charge in [0.2, 0.25) is 6.29 Å². The lowest BCUT2D eigenvalue weighted by Crippen LogP contribution is -2.52. The number of amides is 1. The summed E-state index contributed by atoms with van der Waals surface area (Å²) in [5.74, 6) is -0.417. The fourth-order valence-corrected chi connectivity index (χ4v) is 5.81. The molecule has 159 valence electrons. The van der Waals surface area contributed by atoms with Crippen molar-refractivity contribution in [2.45, 2.75) is 32.7 Å². The minimum atomic E-state index is -3.99. The Morgan fingerprint density at radius 1 is 1.13 bits per heavy atom. The lowest BCUT2D eigenvalue weighted by Gasteiger charge is -2.33. The van der Waals surface area contributed by atoms with Crippen LogP contribution in [-0.4, -0.2) is 42.8 Å². The minimum absolute atomic E-state index is 0.147. The van der Waals surface area contributed by atoms with E-state index in [4.69, 9.17) is 0 Å². The normalized spacial score (nSPS) is 13.5. The van der Waals surface area contributed by atoms with Crippen LogP contribution in [0.2, 0.25) is 6.04 Å². The van der Waals surface area contributed by atoms with Gasteiger partial charge in [0, 0.05) is 22.6 Å². The SMILES string of the molecule is CC(C)CC([C]=O)(Cc1ccccc1)C[Si](O)(O)CNC(=O)c1ccccc1C=O. The van der Waals surface area contributed by atoms with Crippen molar-refractivity contribution in [3.8, 4) is 0 Å². The average Bonchev–Trinajstić information content (AvgIpc) is 2.72. The topological polar surface area (TPSA) is 104 Å². The zero-order valence-corrected chi connectivity index (χ0v) is 18.3. The highest BCUT2D eigenvalue weighted by Crippen LogP contribution is 2.36. The van der Waals surface area contributed by atoms with Crippen LogP contribution in [-0.2, 0) is 11.2 Å². The van der Waals surface area contributed by atoms with Crippen LogP contribution >= 0.6 is 0 Å². The third-order valence-electron chi connectivity index (χ3n) is 4.89. The Morgan fingerprint density at radius 3 is 2.37 bits per heavy atom. The van der Waals surface area contributed by atoms with Crippen LogP contribution in [0.15, 0.2) is 54.6 Å². The van der Waals surface area contributed by atoms with E-state index >= 15 is 0 Å². The van der Waals surface area contributed by atoms with Gasteiger partial charge in [-0.1, -0.05) is 62.4 Å². The van der Waals surface area contributed by atoms with E-state index in [1.165, 1.54) is 12.1 Å². The molecule has 2 rings (SSSR count). The number of benzene rings is 2. The molecule has 0 aliphatic carbocycles. The predicted molar refractivity (Wildman–Crippen MR) is 117 cm³/mol. The van der Waals surface area contributed by atoms with Crippen LogP contribution in [0.4, 0.5) is 0 Å². The molecular formula is C23H28NO5Si. The Morgan fingerprint density at radius 2 is 1.77 bits per heavy atom. The summed E-state index contributed by atoms with van der Waals surface area (Å²) >= 11 is 0. The Kier molecular flexibility index (Phi) is 8.22. The van der Waals surface area contributed by atoms with Crippen molar-refractivity contribution in [2.75, 3.05) is 6.17 Å². The smallest absolute Gasteiger partial charge is 0.353 e. The first-order chi connectivity index (χ1) is 14.2. The highest BCUT2D eigenvalue weighted by molar-refractivity contribution is 6.65. The summed E-state index contributed by atoms with van der Waals surface area (Å²) in [6, 6.07) is 15.5. The lowest BCUT2D eigenvalue weighted by molar-refractivity contribution is 0.0949. The Bertz CT molecular complexity index is 869. The van der Waals surface area contributed by atoms with Gasteiger partial charge in [0.15, 0.2) is 6.29 Å². The fourth-order valence-electron chi connectivity index (χ4n) is 3.82. The van der Waals surface area contributed by atoms with Crippen LogP contribution in [0.3, 0.4) is 0 Å². The van der Waals surface area contributed by atoms with Gasteiger partial charge >= 0.3 is 8.56 Å². The van der Waals surface area contributed by atoms with Gasteiger partial charge in [0.1, 0.15) is 0 Å². The van der Waals surface area contributed by atoms with E-state index < -0.39 is 19.9 Å². The molecule has 7 heteroatoms. The van der Waals surface area contributed by atoms with Gasteiger partial charge in [-0.2, -0.15) is 0 Å². The van der Waals surface area contributed by atoms with Crippen molar-refractivity contribution >= 4 is 27.0 Å². The molecule has 0 aromatic heterocycles. The zero-order chi connectivity index (χ0) is 22.2. The van der Waals surface area contributed by atoms with Crippen molar-refractivity contribution in [2.24, 2.45) is 11.3 Å². The number of aldehydes is 1. The first kappa shape index (κ1) is 23.7. The van der Waals surface area contributed by atoms with Gasteiger partial charge in [0.25, 0.3) is 5.91 Å². The number of carbonyl (C=O) groups is 2. The molecule has 3 N–H and O–H groups in total. The highest BCUT2D eigenvalue weighted by atomic mass is 28.4. The Hall–Kier alpha value is -2.61. The van der Waals surface area contributed by atoms with Crippen LogP contribution in [0, 0.1) is 11.3 Å². The maximum atomic E-state index is 12.4. The van der Waals surface area contributed by atoms with Crippen molar-refractivity contribution in [1.29, 1.82) is 0 Å². The quantitative estimate of drug-likeness (QED) is 0.378. The minimum Gasteiger partial charge on any atom is -0.410 e. The molecular weight excluding hydrogens is 398 g/mol. The van der Waals surface area contributed by atoms with Crippen LogP contribution < -0.4 is 5.32 Å². The van der Waals surface area contributed by atoms with Gasteiger partial charge in [-0.25, -0.2) is 0 Å². The molecule has 1 atom stereocenters. The summed E-state index contributed by atoms with van der Waals surface area (Å²) in [5.41, 5.74) is 0.237. The molecule has 0 aliphatic rings. The zero-order valence-electron chi connectivity index (χ0n) is 17.3. The number of rotatable bonds is 11. The van der Waals surface area contributed by atoms with Crippen molar-refractivity contribution in [3.63, 3.8) is 0 Å². The molecule has 0 fully saturated rings. The summed E-state index contributed by atoms with van der Waals surface area (Å²) in [7, 11) is -3.99. The third-order valence-corrected chi connectivity index (χ3v) is 6.87. The highest BCUT2D eigenvalue weighted by Gasteiger charge is 2.43. The van der Waals surface area contributed by atoms with E-state index in [-0.39, 0.29) is 29.3 Å². The van der Waals surface area contributed by atoms with E-state index in [1.807, 2.05) is 44.2 Å². The lowest BCUT2D eigenvalue weighted by atomic mass is 9.78. The first-order valence-corrected chi connectivity index (χ1v) is 12.2. The van der Waals surface area contributed by atoms with E-state index in [0.29, 0.717) is 19.1 Å². The summed E-state index contributed by atoms with van der Waals surface area (Å²) in [6.07, 6.45) is 3.11. The summed E-state index contributed by atoms with van der Waals surface area (Å²) < 4.78 is 0. The fraction of sp³-hybridized carbons (Fsp3) is 0.348. The molecule has 0 bridgehead atoms. The van der Waals surface area contributed by atoms with E-state index in [0.717, 1.165) is 5.56 Å². The standard InChI is InChI=1S/C23H28NO5Si/c1-18(2)12-23(15-26,13-19-8-4-3-5-9-19)16-30(28,29)17-24-22(27)21-11-7-6-10-20(21)14-25/h3-11,14,18,28-29H,12-13,16-17H2,1-2H3,(H,24,27). The van der Waals surface area contributed by atoms with E-state index in [2.05, 4.69) is 11.6 Å². The molecule has 0 heterocycles. The van der Waals surface area contributed by atoms with Gasteiger partial charge in [-0.3, -0.25) is 14.4 Å². The molecule has 1 unspecified atom stereocenters. The summed E-state index contributed by atoms with van der Waals surface area (Å²) in [5, 5.41) is 2.51. The Labute approximate surface area is 178 Å². The number of hydrogen-bond acceptors (Lipinski definition) is 5. The van der Waals surface area contributed by atoms with Crippen molar-refractivity contribution in [1.82, 2.24) is 5.32 Å².